The molecular formula is C15H15Cl3N2O3. The molecule has 5 nitrogen and oxygen atoms in total. The minimum atomic E-state index is -0.753. The standard InChI is InChI=1S/C15H15Cl3N2O3/c1-3-23-14(21)12-11(7-16)20(2)15(22)19-13(12)9-5-4-8(17)6-10(9)18/h4-6,13H,3,7H2,1-2H3,(H,19,22). The van der Waals surface area contributed by atoms with Crippen LogP contribution in [0.3, 0.4) is 0 Å². The largest absolute Gasteiger partial charge is 0.463 e. The average Bonchev–Trinajstić information content (AvgIpc) is 2.49. The highest BCUT2D eigenvalue weighted by atomic mass is 35.5. The van der Waals surface area contributed by atoms with Crippen LogP contribution < -0.4 is 5.32 Å². The molecule has 2 amide bonds. The fourth-order valence-corrected chi connectivity index (χ4v) is 3.18. The van der Waals surface area contributed by atoms with Gasteiger partial charge in [-0.2, -0.15) is 0 Å². The summed E-state index contributed by atoms with van der Waals surface area (Å²) < 4.78 is 5.11. The van der Waals surface area contributed by atoms with Gasteiger partial charge in [0, 0.05) is 22.8 Å². The van der Waals surface area contributed by atoms with Crippen LogP contribution in [0, 0.1) is 0 Å². The first-order valence-corrected chi connectivity index (χ1v) is 8.15. The van der Waals surface area contributed by atoms with Crippen LogP contribution in [0.25, 0.3) is 0 Å². The third-order valence-electron chi connectivity index (χ3n) is 3.47. The highest BCUT2D eigenvalue weighted by Gasteiger charge is 2.37. The third-order valence-corrected chi connectivity index (χ3v) is 4.29. The van der Waals surface area contributed by atoms with Crippen LogP contribution in [-0.2, 0) is 9.53 Å². The lowest BCUT2D eigenvalue weighted by Crippen LogP contribution is -2.47. The van der Waals surface area contributed by atoms with Crippen LogP contribution in [-0.4, -0.2) is 36.4 Å². The van der Waals surface area contributed by atoms with Gasteiger partial charge in [-0.1, -0.05) is 29.3 Å². The van der Waals surface area contributed by atoms with Gasteiger partial charge in [-0.15, -0.1) is 11.6 Å². The smallest absolute Gasteiger partial charge is 0.338 e. The lowest BCUT2D eigenvalue weighted by atomic mass is 9.95. The van der Waals surface area contributed by atoms with Gasteiger partial charge in [-0.25, -0.2) is 9.59 Å². The molecule has 0 spiro atoms. The van der Waals surface area contributed by atoms with Crippen molar-refractivity contribution in [2.75, 3.05) is 19.5 Å². The van der Waals surface area contributed by atoms with E-state index in [1.807, 2.05) is 0 Å². The van der Waals surface area contributed by atoms with E-state index in [-0.39, 0.29) is 24.1 Å². The SMILES string of the molecule is CCOC(=O)C1=C(CCl)N(C)C(=O)NC1c1ccc(Cl)cc1Cl. The molecule has 1 unspecified atom stereocenters. The van der Waals surface area contributed by atoms with Crippen LogP contribution in [0.2, 0.25) is 10.0 Å². The van der Waals surface area contributed by atoms with Gasteiger partial charge in [0.15, 0.2) is 0 Å². The van der Waals surface area contributed by atoms with Crippen LogP contribution in [0.5, 0.6) is 0 Å². The second-order valence-electron chi connectivity index (χ2n) is 4.82. The quantitative estimate of drug-likeness (QED) is 0.642. The molecule has 0 aromatic heterocycles. The summed E-state index contributed by atoms with van der Waals surface area (Å²) in [6.07, 6.45) is 0. The van der Waals surface area contributed by atoms with Crippen molar-refractivity contribution in [3.8, 4) is 0 Å². The number of benzene rings is 1. The number of nitrogens with one attached hydrogen (secondary N) is 1. The first-order valence-electron chi connectivity index (χ1n) is 6.86. The van der Waals surface area contributed by atoms with E-state index in [0.717, 1.165) is 0 Å². The summed E-state index contributed by atoms with van der Waals surface area (Å²) in [6.45, 7) is 1.91. The number of halogens is 3. The number of hydrogen-bond acceptors (Lipinski definition) is 3. The van der Waals surface area contributed by atoms with Gasteiger partial charge in [0.2, 0.25) is 0 Å². The van der Waals surface area contributed by atoms with Crippen molar-refractivity contribution in [2.45, 2.75) is 13.0 Å². The monoisotopic (exact) mass is 376 g/mol. The van der Waals surface area contributed by atoms with E-state index < -0.39 is 12.0 Å². The Bertz CT molecular complexity index is 676. The number of carbonyl (C=O) groups excluding carboxylic acids is 2. The molecule has 0 saturated carbocycles. The van der Waals surface area contributed by atoms with Crippen LogP contribution in [0.4, 0.5) is 4.79 Å². The van der Waals surface area contributed by atoms with E-state index in [4.69, 9.17) is 39.5 Å². The summed E-state index contributed by atoms with van der Waals surface area (Å²) in [4.78, 5) is 25.8. The predicted molar refractivity (Wildman–Crippen MR) is 89.9 cm³/mol. The lowest BCUT2D eigenvalue weighted by molar-refractivity contribution is -0.139. The molecule has 1 atom stereocenters. The maximum absolute atomic E-state index is 12.4. The van der Waals surface area contributed by atoms with Gasteiger partial charge < -0.3 is 10.1 Å². The fraction of sp³-hybridized carbons (Fsp3) is 0.333. The molecule has 1 N–H and O–H groups in total. The van der Waals surface area contributed by atoms with Gasteiger partial charge in [-0.3, -0.25) is 4.90 Å². The van der Waals surface area contributed by atoms with Gasteiger partial charge in [0.05, 0.1) is 24.1 Å². The van der Waals surface area contributed by atoms with Crippen molar-refractivity contribution in [1.29, 1.82) is 0 Å². The number of allylic oxidation sites excluding steroid dienone is 1. The van der Waals surface area contributed by atoms with E-state index in [9.17, 15) is 9.59 Å². The lowest BCUT2D eigenvalue weighted by Gasteiger charge is -2.34. The maximum Gasteiger partial charge on any atom is 0.338 e. The van der Waals surface area contributed by atoms with Crippen LogP contribution in [0.1, 0.15) is 18.5 Å². The molecule has 1 heterocycles. The van der Waals surface area contributed by atoms with E-state index in [0.29, 0.717) is 21.3 Å². The molecule has 124 valence electrons. The molecule has 0 saturated heterocycles. The molecule has 8 heteroatoms. The molecule has 0 fully saturated rings. The molecule has 1 aliphatic rings. The maximum atomic E-state index is 12.4. The van der Waals surface area contributed by atoms with Crippen molar-refractivity contribution in [3.05, 3.63) is 45.1 Å². The number of alkyl halides is 1. The Morgan fingerprint density at radius 3 is 2.65 bits per heavy atom. The second kappa shape index (κ2) is 7.43. The molecule has 1 aromatic carbocycles. The topological polar surface area (TPSA) is 58.6 Å². The molecule has 0 radical (unpaired) electrons. The Morgan fingerprint density at radius 1 is 1.39 bits per heavy atom. The number of urea groups is 1. The summed E-state index contributed by atoms with van der Waals surface area (Å²) >= 11 is 18.1. The number of carbonyl (C=O) groups is 2. The predicted octanol–water partition coefficient (Wildman–Crippen LogP) is 3.75. The van der Waals surface area contributed by atoms with Gasteiger partial charge in [-0.05, 0) is 24.6 Å². The Morgan fingerprint density at radius 2 is 2.09 bits per heavy atom. The first kappa shape index (κ1) is 17.9. The van der Waals surface area contributed by atoms with Crippen molar-refractivity contribution >= 4 is 46.8 Å². The molecule has 0 aliphatic carbocycles. The summed E-state index contributed by atoms with van der Waals surface area (Å²) in [5.41, 5.74) is 1.18. The Hall–Kier alpha value is -1.43. The molecule has 2 rings (SSSR count). The van der Waals surface area contributed by atoms with Crippen LogP contribution >= 0.6 is 34.8 Å². The number of esters is 1. The highest BCUT2D eigenvalue weighted by molar-refractivity contribution is 6.35. The normalized spacial score (nSPS) is 18.0. The highest BCUT2D eigenvalue weighted by Crippen LogP contribution is 2.35. The van der Waals surface area contributed by atoms with Crippen molar-refractivity contribution in [2.24, 2.45) is 0 Å². The zero-order valence-corrected chi connectivity index (χ0v) is 14.8. The third kappa shape index (κ3) is 3.57. The van der Waals surface area contributed by atoms with Crippen LogP contribution in [0.15, 0.2) is 29.5 Å². The molecule has 1 aliphatic heterocycles. The number of amides is 2. The van der Waals surface area contributed by atoms with E-state index in [1.165, 1.54) is 11.9 Å². The minimum absolute atomic E-state index is 0.0141. The number of rotatable bonds is 4. The van der Waals surface area contributed by atoms with Crippen molar-refractivity contribution < 1.29 is 14.3 Å². The Balaban J connectivity index is 2.60. The number of hydrogen-bond donors (Lipinski definition) is 1. The van der Waals surface area contributed by atoms with E-state index in [2.05, 4.69) is 5.32 Å². The van der Waals surface area contributed by atoms with Gasteiger partial charge >= 0.3 is 12.0 Å². The van der Waals surface area contributed by atoms with E-state index >= 15 is 0 Å². The number of nitrogens with zero attached hydrogens (tertiary/aromatic N) is 1. The van der Waals surface area contributed by atoms with Gasteiger partial charge in [0.25, 0.3) is 0 Å². The number of ether oxygens (including phenoxy) is 1. The fourth-order valence-electron chi connectivity index (χ4n) is 2.34. The Kier molecular flexibility index (Phi) is 5.79. The second-order valence-corrected chi connectivity index (χ2v) is 5.93. The molecular weight excluding hydrogens is 363 g/mol. The van der Waals surface area contributed by atoms with Crippen molar-refractivity contribution in [3.63, 3.8) is 0 Å². The zero-order valence-electron chi connectivity index (χ0n) is 12.5. The van der Waals surface area contributed by atoms with Gasteiger partial charge in [0.1, 0.15) is 0 Å². The van der Waals surface area contributed by atoms with Crippen molar-refractivity contribution in [1.82, 2.24) is 10.2 Å². The molecule has 23 heavy (non-hydrogen) atoms. The summed E-state index contributed by atoms with van der Waals surface area (Å²) in [5.74, 6) is -0.564. The van der Waals surface area contributed by atoms with E-state index in [1.54, 1.807) is 25.1 Å². The zero-order chi connectivity index (χ0) is 17.1. The average molecular weight is 378 g/mol. The Labute approximate surface area is 149 Å². The summed E-state index contributed by atoms with van der Waals surface area (Å²) in [7, 11) is 1.53. The molecule has 0 bridgehead atoms. The first-order chi connectivity index (χ1) is 10.9. The molecule has 1 aromatic rings. The summed E-state index contributed by atoms with van der Waals surface area (Å²) in [5, 5.41) is 3.53. The minimum Gasteiger partial charge on any atom is -0.463 e. The summed E-state index contributed by atoms with van der Waals surface area (Å²) in [6, 6.07) is 3.70.